The van der Waals surface area contributed by atoms with Crippen LogP contribution in [0.4, 0.5) is 0 Å². The van der Waals surface area contributed by atoms with Gasteiger partial charge in [-0.25, -0.2) is 12.7 Å². The van der Waals surface area contributed by atoms with E-state index in [-0.39, 0.29) is 11.3 Å². The smallest absolute Gasteiger partial charge is 0.224 e. The average Bonchev–Trinajstić information content (AvgIpc) is 2.29. The van der Waals surface area contributed by atoms with Gasteiger partial charge in [0.2, 0.25) is 10.0 Å². The number of ether oxygens (including phenoxy) is 1. The Kier molecular flexibility index (Phi) is 5.72. The van der Waals surface area contributed by atoms with Crippen molar-refractivity contribution in [3.8, 4) is 5.75 Å². The Hall–Kier alpha value is -0.300. The summed E-state index contributed by atoms with van der Waals surface area (Å²) in [7, 11) is -1.71. The summed E-state index contributed by atoms with van der Waals surface area (Å²) in [4.78, 5) is 0. The fourth-order valence-corrected chi connectivity index (χ4v) is 2.82. The summed E-state index contributed by atoms with van der Waals surface area (Å²) < 4.78 is 29.3. The number of hydrogen-bond donors (Lipinski definition) is 0. The number of rotatable bonds is 6. The predicted molar refractivity (Wildman–Crippen MR) is 72.3 cm³/mol. The van der Waals surface area contributed by atoms with Gasteiger partial charge >= 0.3 is 0 Å². The van der Waals surface area contributed by atoms with Gasteiger partial charge in [0.1, 0.15) is 17.0 Å². The third-order valence-electron chi connectivity index (χ3n) is 2.08. The highest BCUT2D eigenvalue weighted by atomic mass is 79.9. The van der Waals surface area contributed by atoms with Crippen LogP contribution in [0.25, 0.3) is 0 Å². The van der Waals surface area contributed by atoms with Crippen LogP contribution in [0.5, 0.6) is 5.75 Å². The van der Waals surface area contributed by atoms with Gasteiger partial charge in [0.05, 0.1) is 0 Å². The lowest BCUT2D eigenvalue weighted by atomic mass is 10.3. The molecule has 0 aliphatic heterocycles. The van der Waals surface area contributed by atoms with Crippen molar-refractivity contribution in [1.29, 1.82) is 0 Å². The van der Waals surface area contributed by atoms with E-state index in [0.717, 1.165) is 0 Å². The van der Waals surface area contributed by atoms with Crippen LogP contribution >= 0.6 is 27.5 Å². The molecule has 0 atom stereocenters. The van der Waals surface area contributed by atoms with Crippen LogP contribution in [0.3, 0.4) is 0 Å². The Balaban J connectivity index is 2.43. The number of benzene rings is 1. The van der Waals surface area contributed by atoms with Gasteiger partial charge in [0.25, 0.3) is 0 Å². The summed E-state index contributed by atoms with van der Waals surface area (Å²) in [5.41, 5.74) is 0. The zero-order valence-corrected chi connectivity index (χ0v) is 12.4. The molecule has 96 valence electrons. The molecule has 0 spiro atoms. The van der Waals surface area contributed by atoms with Crippen molar-refractivity contribution >= 4 is 37.6 Å². The van der Waals surface area contributed by atoms with E-state index in [1.807, 2.05) is 0 Å². The fraction of sp³-hybridized carbons (Fsp3) is 0.400. The number of nitrogens with zero attached hydrogens (tertiary/aromatic N) is 1. The Morgan fingerprint density at radius 2 is 2.18 bits per heavy atom. The Labute approximate surface area is 115 Å². The van der Waals surface area contributed by atoms with Gasteiger partial charge in [-0.1, -0.05) is 33.6 Å². The largest absolute Gasteiger partial charge is 0.492 e. The lowest BCUT2D eigenvalue weighted by molar-refractivity contribution is 0.287. The van der Waals surface area contributed by atoms with Gasteiger partial charge in [-0.2, -0.15) is 0 Å². The number of alkyl halides is 1. The third-order valence-corrected chi connectivity index (χ3v) is 5.46. The van der Waals surface area contributed by atoms with Crippen LogP contribution < -0.4 is 4.74 Å². The minimum absolute atomic E-state index is 0.0896. The van der Waals surface area contributed by atoms with Gasteiger partial charge in [0.15, 0.2) is 0 Å². The second-order valence-corrected chi connectivity index (χ2v) is 7.16. The topological polar surface area (TPSA) is 46.6 Å². The van der Waals surface area contributed by atoms with Crippen LogP contribution in [0.15, 0.2) is 24.3 Å². The fourth-order valence-electron chi connectivity index (χ4n) is 1.07. The molecular weight excluding hydrogens is 330 g/mol. The van der Waals surface area contributed by atoms with E-state index in [0.29, 0.717) is 17.3 Å². The van der Waals surface area contributed by atoms with Crippen LogP contribution in [0.2, 0.25) is 5.02 Å². The standard InChI is InChI=1S/C10H13BrClNO3S/c1-13(17(14,15)8-11)5-6-16-10-4-2-3-9(12)7-10/h2-4,7H,5-6,8H2,1H3. The second kappa shape index (κ2) is 6.58. The number of likely N-dealkylation sites (N-methyl/N-ethyl adjacent to an activating group) is 1. The quantitative estimate of drug-likeness (QED) is 0.746. The van der Waals surface area contributed by atoms with E-state index < -0.39 is 10.0 Å². The summed E-state index contributed by atoms with van der Waals surface area (Å²) in [6.45, 7) is 0.573. The summed E-state index contributed by atoms with van der Waals surface area (Å²) in [6.07, 6.45) is 0. The molecule has 7 heteroatoms. The molecule has 17 heavy (non-hydrogen) atoms. The first-order valence-corrected chi connectivity index (χ1v) is 7.95. The second-order valence-electron chi connectivity index (χ2n) is 3.35. The van der Waals surface area contributed by atoms with Crippen molar-refractivity contribution < 1.29 is 13.2 Å². The molecule has 0 saturated carbocycles. The van der Waals surface area contributed by atoms with Gasteiger partial charge in [-0.15, -0.1) is 0 Å². The summed E-state index contributed by atoms with van der Waals surface area (Å²) >= 11 is 8.72. The first-order valence-electron chi connectivity index (χ1n) is 4.84. The molecule has 0 bridgehead atoms. The maximum absolute atomic E-state index is 11.4. The molecule has 0 radical (unpaired) electrons. The number of hydrogen-bond acceptors (Lipinski definition) is 3. The maximum atomic E-state index is 11.4. The van der Waals surface area contributed by atoms with Gasteiger partial charge in [-0.3, -0.25) is 0 Å². The molecule has 0 fully saturated rings. The highest BCUT2D eigenvalue weighted by Gasteiger charge is 2.15. The molecular formula is C10H13BrClNO3S. The molecule has 4 nitrogen and oxygen atoms in total. The van der Waals surface area contributed by atoms with E-state index >= 15 is 0 Å². The molecule has 1 aromatic rings. The normalized spacial score (nSPS) is 11.8. The number of sulfonamides is 1. The molecule has 1 rings (SSSR count). The minimum atomic E-state index is -3.22. The molecule has 0 unspecified atom stereocenters. The van der Waals surface area contributed by atoms with Crippen LogP contribution in [-0.4, -0.2) is 37.6 Å². The molecule has 1 aromatic carbocycles. The van der Waals surface area contributed by atoms with Gasteiger partial charge < -0.3 is 4.74 Å². The van der Waals surface area contributed by atoms with E-state index in [1.54, 1.807) is 24.3 Å². The van der Waals surface area contributed by atoms with E-state index in [1.165, 1.54) is 11.4 Å². The van der Waals surface area contributed by atoms with Crippen molar-refractivity contribution in [1.82, 2.24) is 4.31 Å². The predicted octanol–water partition coefficient (Wildman–Crippen LogP) is 2.33. The molecule has 0 aliphatic rings. The van der Waals surface area contributed by atoms with Crippen molar-refractivity contribution in [3.63, 3.8) is 0 Å². The lowest BCUT2D eigenvalue weighted by Gasteiger charge is -2.15. The summed E-state index contributed by atoms with van der Waals surface area (Å²) in [5, 5.41) is 0.587. The van der Waals surface area contributed by atoms with E-state index in [2.05, 4.69) is 15.9 Å². The molecule has 0 saturated heterocycles. The Morgan fingerprint density at radius 3 is 2.76 bits per heavy atom. The van der Waals surface area contributed by atoms with Gasteiger partial charge in [-0.05, 0) is 18.2 Å². The molecule has 0 amide bonds. The maximum Gasteiger partial charge on any atom is 0.224 e. The van der Waals surface area contributed by atoms with Crippen molar-refractivity contribution in [2.24, 2.45) is 0 Å². The number of halogens is 2. The van der Waals surface area contributed by atoms with E-state index in [9.17, 15) is 8.42 Å². The zero-order valence-electron chi connectivity index (χ0n) is 9.27. The SMILES string of the molecule is CN(CCOc1cccc(Cl)c1)S(=O)(=O)CBr. The van der Waals surface area contributed by atoms with Crippen molar-refractivity contribution in [2.45, 2.75) is 0 Å². The van der Waals surface area contributed by atoms with Crippen molar-refractivity contribution in [2.75, 3.05) is 24.9 Å². The summed E-state index contributed by atoms with van der Waals surface area (Å²) in [5.74, 6) is 0.627. The lowest BCUT2D eigenvalue weighted by Crippen LogP contribution is -2.31. The molecule has 0 aromatic heterocycles. The Bertz CT molecular complexity index is 466. The Morgan fingerprint density at radius 1 is 1.47 bits per heavy atom. The third kappa shape index (κ3) is 4.83. The van der Waals surface area contributed by atoms with Crippen LogP contribution in [0.1, 0.15) is 0 Å². The first-order chi connectivity index (χ1) is 7.95. The first kappa shape index (κ1) is 14.8. The monoisotopic (exact) mass is 341 g/mol. The average molecular weight is 343 g/mol. The summed E-state index contributed by atoms with van der Waals surface area (Å²) in [6, 6.07) is 6.97. The molecule has 0 heterocycles. The molecule has 0 N–H and O–H groups in total. The van der Waals surface area contributed by atoms with E-state index in [4.69, 9.17) is 16.3 Å². The highest BCUT2D eigenvalue weighted by molar-refractivity contribution is 9.10. The van der Waals surface area contributed by atoms with Crippen molar-refractivity contribution in [3.05, 3.63) is 29.3 Å². The zero-order chi connectivity index (χ0) is 12.9. The minimum Gasteiger partial charge on any atom is -0.492 e. The van der Waals surface area contributed by atoms with Crippen LogP contribution in [0, 0.1) is 0 Å². The van der Waals surface area contributed by atoms with Gasteiger partial charge in [0, 0.05) is 18.6 Å². The van der Waals surface area contributed by atoms with Crippen LogP contribution in [-0.2, 0) is 10.0 Å². The molecule has 0 aliphatic carbocycles. The highest BCUT2D eigenvalue weighted by Crippen LogP contribution is 2.17.